The standard InChI is InChI=1S/C6H8O4S.C5H10O3S.C2Cl4O2.CH4/c1-11-3-2-4-5(7)10-6(8)9-4;1-9-3-2-4(6)5(7)8;3-1(7)8-2(4,5)6;/h4H,2-3H2,1H3;4,6H,2-3H2,1H3,(H,7,8);;1H4. The molecule has 1 fully saturated rings. The number of carboxylic acids is 1. The molecule has 1 heterocycles. The van der Waals surface area contributed by atoms with E-state index in [0.29, 0.717) is 18.6 Å². The third-order valence-electron chi connectivity index (χ3n) is 2.35. The summed E-state index contributed by atoms with van der Waals surface area (Å²) in [7, 11) is 0. The van der Waals surface area contributed by atoms with Crippen molar-refractivity contribution < 1.29 is 43.6 Å². The number of aliphatic hydroxyl groups excluding tert-OH is 1. The minimum Gasteiger partial charge on any atom is -0.479 e. The molecular formula is C14H22Cl4O9S2. The number of ether oxygens (including phenoxy) is 3. The van der Waals surface area contributed by atoms with Gasteiger partial charge in [-0.15, -0.1) is 0 Å². The van der Waals surface area contributed by atoms with Crippen LogP contribution < -0.4 is 0 Å². The lowest BCUT2D eigenvalue weighted by Crippen LogP contribution is -2.19. The van der Waals surface area contributed by atoms with E-state index in [2.05, 4.69) is 25.8 Å². The Balaban J connectivity index is -0.000000350. The minimum absolute atomic E-state index is 0. The van der Waals surface area contributed by atoms with Crippen LogP contribution in [-0.4, -0.2) is 73.9 Å². The molecule has 0 bridgehead atoms. The highest BCUT2D eigenvalue weighted by atomic mass is 35.6. The number of hydrogen-bond donors (Lipinski definition) is 2. The molecule has 0 aromatic carbocycles. The molecule has 0 spiro atoms. The zero-order valence-electron chi connectivity index (χ0n) is 14.6. The molecule has 29 heavy (non-hydrogen) atoms. The third-order valence-corrected chi connectivity index (χ3v) is 3.94. The van der Waals surface area contributed by atoms with Crippen LogP contribution in [0.2, 0.25) is 0 Å². The number of carboxylic acid groups (broad SMARTS) is 1. The Hall–Kier alpha value is -0.300. The normalized spacial score (nSPS) is 15.9. The van der Waals surface area contributed by atoms with E-state index < -0.39 is 39.7 Å². The number of aliphatic carboxylic acids is 1. The van der Waals surface area contributed by atoms with E-state index in [1.807, 2.05) is 12.5 Å². The second-order valence-corrected chi connectivity index (χ2v) is 8.94. The number of rotatable bonds is 7. The molecular weight excluding hydrogens is 518 g/mol. The Kier molecular flexibility index (Phi) is 21.2. The molecule has 172 valence electrons. The van der Waals surface area contributed by atoms with Crippen molar-refractivity contribution >= 4 is 93.4 Å². The van der Waals surface area contributed by atoms with Gasteiger partial charge in [0.2, 0.25) is 6.10 Å². The first-order valence-electron chi connectivity index (χ1n) is 7.10. The molecule has 9 nitrogen and oxygen atoms in total. The Morgan fingerprint density at radius 3 is 2.00 bits per heavy atom. The number of hydrogen-bond acceptors (Lipinski definition) is 10. The van der Waals surface area contributed by atoms with E-state index in [-0.39, 0.29) is 7.43 Å². The van der Waals surface area contributed by atoms with Gasteiger partial charge in [0.15, 0.2) is 6.10 Å². The van der Waals surface area contributed by atoms with Gasteiger partial charge in [-0.05, 0) is 65.2 Å². The van der Waals surface area contributed by atoms with Crippen LogP contribution in [0.25, 0.3) is 0 Å². The fourth-order valence-electron chi connectivity index (χ4n) is 1.18. The average molecular weight is 540 g/mol. The molecule has 0 aromatic rings. The van der Waals surface area contributed by atoms with Gasteiger partial charge >= 0.3 is 27.5 Å². The van der Waals surface area contributed by atoms with Crippen LogP contribution in [-0.2, 0) is 23.8 Å². The smallest absolute Gasteiger partial charge is 0.479 e. The first-order valence-corrected chi connectivity index (χ1v) is 11.4. The van der Waals surface area contributed by atoms with E-state index >= 15 is 0 Å². The minimum atomic E-state index is -2.04. The van der Waals surface area contributed by atoms with Crippen LogP contribution in [0.5, 0.6) is 0 Å². The summed E-state index contributed by atoms with van der Waals surface area (Å²) in [4.78, 5) is 40.8. The molecule has 1 rings (SSSR count). The molecule has 2 unspecified atom stereocenters. The Morgan fingerprint density at radius 2 is 1.72 bits per heavy atom. The number of esters is 1. The van der Waals surface area contributed by atoms with Crippen molar-refractivity contribution in [2.75, 3.05) is 24.0 Å². The molecule has 0 radical (unpaired) electrons. The summed E-state index contributed by atoms with van der Waals surface area (Å²) in [6.45, 7) is 0. The Bertz CT molecular complexity index is 518. The van der Waals surface area contributed by atoms with Crippen LogP contribution in [0, 0.1) is 0 Å². The molecule has 1 aliphatic heterocycles. The van der Waals surface area contributed by atoms with E-state index in [1.54, 1.807) is 11.8 Å². The number of alkyl halides is 3. The lowest BCUT2D eigenvalue weighted by Gasteiger charge is -2.06. The molecule has 1 saturated heterocycles. The summed E-state index contributed by atoms with van der Waals surface area (Å²) >= 11 is 22.6. The number of cyclic esters (lactones) is 3. The van der Waals surface area contributed by atoms with Crippen molar-refractivity contribution in [3.63, 3.8) is 0 Å². The van der Waals surface area contributed by atoms with Gasteiger partial charge in [0, 0.05) is 18.0 Å². The molecule has 2 atom stereocenters. The fourth-order valence-corrected chi connectivity index (χ4v) is 2.53. The van der Waals surface area contributed by atoms with Gasteiger partial charge in [0.05, 0.1) is 0 Å². The number of aliphatic hydroxyl groups is 1. The van der Waals surface area contributed by atoms with Gasteiger partial charge in [0.25, 0.3) is 0 Å². The lowest BCUT2D eigenvalue weighted by molar-refractivity contribution is -0.146. The molecule has 15 heteroatoms. The zero-order valence-corrected chi connectivity index (χ0v) is 19.2. The summed E-state index contributed by atoms with van der Waals surface area (Å²) in [6, 6.07) is 0. The second-order valence-electron chi connectivity index (χ2n) is 4.48. The van der Waals surface area contributed by atoms with Crippen LogP contribution in [0.4, 0.5) is 9.59 Å². The predicted molar refractivity (Wildman–Crippen MR) is 115 cm³/mol. The van der Waals surface area contributed by atoms with Gasteiger partial charge < -0.3 is 24.4 Å². The van der Waals surface area contributed by atoms with Crippen LogP contribution in [0.15, 0.2) is 0 Å². The molecule has 0 aliphatic carbocycles. The number of thioether (sulfide) groups is 2. The average Bonchev–Trinajstić information content (AvgIpc) is 2.86. The van der Waals surface area contributed by atoms with Crippen LogP contribution in [0.1, 0.15) is 20.3 Å². The summed E-state index contributed by atoms with van der Waals surface area (Å²) in [5.41, 5.74) is -1.15. The van der Waals surface area contributed by atoms with Crippen molar-refractivity contribution in [3.05, 3.63) is 0 Å². The summed E-state index contributed by atoms with van der Waals surface area (Å²) in [5, 5.41) is 16.8. The van der Waals surface area contributed by atoms with Crippen LogP contribution in [0.3, 0.4) is 0 Å². The van der Waals surface area contributed by atoms with Gasteiger partial charge in [-0.2, -0.15) is 23.5 Å². The molecule has 2 N–H and O–H groups in total. The first kappa shape index (κ1) is 33.3. The first-order chi connectivity index (χ1) is 12.8. The summed E-state index contributed by atoms with van der Waals surface area (Å²) in [5.74, 6) is -0.228. The van der Waals surface area contributed by atoms with E-state index in [0.717, 1.165) is 5.75 Å². The predicted octanol–water partition coefficient (Wildman–Crippen LogP) is 4.31. The molecule has 0 saturated carbocycles. The van der Waals surface area contributed by atoms with E-state index in [9.17, 15) is 19.2 Å². The zero-order chi connectivity index (χ0) is 22.3. The highest BCUT2D eigenvalue weighted by Crippen LogP contribution is 2.27. The quantitative estimate of drug-likeness (QED) is 0.207. The van der Waals surface area contributed by atoms with Crippen molar-refractivity contribution in [2.45, 2.75) is 36.5 Å². The molecule has 0 aromatic heterocycles. The largest absolute Gasteiger partial charge is 0.517 e. The third kappa shape index (κ3) is 22.2. The Morgan fingerprint density at radius 1 is 1.21 bits per heavy atom. The van der Waals surface area contributed by atoms with E-state index in [4.69, 9.17) is 45.0 Å². The van der Waals surface area contributed by atoms with Gasteiger partial charge in [-0.1, -0.05) is 7.43 Å². The lowest BCUT2D eigenvalue weighted by atomic mass is 10.3. The maximum atomic E-state index is 10.7. The topological polar surface area (TPSA) is 136 Å². The van der Waals surface area contributed by atoms with Crippen molar-refractivity contribution in [1.82, 2.24) is 0 Å². The number of carbonyl (C=O) groups excluding carboxylic acids is 3. The maximum absolute atomic E-state index is 10.7. The number of halogens is 4. The van der Waals surface area contributed by atoms with Gasteiger partial charge in [0.1, 0.15) is 0 Å². The summed E-state index contributed by atoms with van der Waals surface area (Å²) in [6.07, 6.45) is 1.92. The summed E-state index contributed by atoms with van der Waals surface area (Å²) < 4.78 is 10.5. The van der Waals surface area contributed by atoms with Crippen molar-refractivity contribution in [3.8, 4) is 0 Å². The molecule has 0 amide bonds. The van der Waals surface area contributed by atoms with E-state index in [1.165, 1.54) is 11.8 Å². The molecule has 1 aliphatic rings. The monoisotopic (exact) mass is 538 g/mol. The Labute approximate surface area is 197 Å². The second kappa shape index (κ2) is 18.5. The van der Waals surface area contributed by atoms with Crippen molar-refractivity contribution in [1.29, 1.82) is 0 Å². The highest BCUT2D eigenvalue weighted by molar-refractivity contribution is 7.98. The highest BCUT2D eigenvalue weighted by Gasteiger charge is 2.34. The maximum Gasteiger partial charge on any atom is 0.517 e. The van der Waals surface area contributed by atoms with Gasteiger partial charge in [-0.25, -0.2) is 19.2 Å². The van der Waals surface area contributed by atoms with Crippen LogP contribution >= 0.6 is 69.9 Å². The van der Waals surface area contributed by atoms with Gasteiger partial charge in [-0.3, -0.25) is 0 Å². The SMILES string of the molecule is C.CSCCC(O)C(=O)O.CSCCC1OC(=O)OC1=O.O=C(Cl)OC(Cl)(Cl)Cl. The van der Waals surface area contributed by atoms with Crippen molar-refractivity contribution in [2.24, 2.45) is 0 Å². The fraction of sp³-hybridized carbons (Fsp3) is 0.714. The number of carbonyl (C=O) groups is 4.